The summed E-state index contributed by atoms with van der Waals surface area (Å²) in [6, 6.07) is 16.9. The van der Waals surface area contributed by atoms with E-state index in [1.165, 1.54) is 32.4 Å². The van der Waals surface area contributed by atoms with Crippen molar-refractivity contribution in [3.63, 3.8) is 0 Å². The summed E-state index contributed by atoms with van der Waals surface area (Å²) in [7, 11) is 0. The molecule has 2 atom stereocenters. The maximum Gasteiger partial charge on any atom is 0.338 e. The van der Waals surface area contributed by atoms with Crippen LogP contribution in [0.5, 0.6) is 5.75 Å². The summed E-state index contributed by atoms with van der Waals surface area (Å²) in [5, 5.41) is 0. The Morgan fingerprint density at radius 2 is 1.68 bits per heavy atom. The number of likely N-dealkylation sites (tertiary alicyclic amines) is 1. The van der Waals surface area contributed by atoms with Crippen LogP contribution in [0.15, 0.2) is 54.6 Å². The molecule has 0 N–H and O–H groups in total. The van der Waals surface area contributed by atoms with Gasteiger partial charge in [0, 0.05) is 19.6 Å². The molecule has 2 aromatic rings. The number of benzene rings is 2. The minimum atomic E-state index is -0.299. The standard InChI is InChI=1S/C24H29NO3/c26-24(20-6-2-1-3-7-20)28-18-19-10-12-23(13-11-19)27-15-5-14-25-16-21-8-4-9-22(21)17-25/h1-3,6-7,10-13,21-22H,4-5,8-9,14-18H2/t21-,22-/m0/s1. The molecule has 1 aliphatic carbocycles. The van der Waals surface area contributed by atoms with Crippen molar-refractivity contribution in [2.45, 2.75) is 32.3 Å². The van der Waals surface area contributed by atoms with Gasteiger partial charge in [-0.1, -0.05) is 36.8 Å². The Hall–Kier alpha value is -2.33. The molecule has 1 saturated carbocycles. The van der Waals surface area contributed by atoms with Crippen LogP contribution in [0.4, 0.5) is 0 Å². The molecule has 0 unspecified atom stereocenters. The third kappa shape index (κ3) is 4.93. The molecule has 28 heavy (non-hydrogen) atoms. The third-order valence-electron chi connectivity index (χ3n) is 5.99. The van der Waals surface area contributed by atoms with Gasteiger partial charge in [0.25, 0.3) is 0 Å². The summed E-state index contributed by atoms with van der Waals surface area (Å²) in [6.07, 6.45) is 5.37. The molecule has 4 rings (SSSR count). The van der Waals surface area contributed by atoms with Crippen molar-refractivity contribution in [2.24, 2.45) is 11.8 Å². The van der Waals surface area contributed by atoms with E-state index < -0.39 is 0 Å². The van der Waals surface area contributed by atoms with E-state index in [9.17, 15) is 4.79 Å². The number of ether oxygens (including phenoxy) is 2. The summed E-state index contributed by atoms with van der Waals surface area (Å²) >= 11 is 0. The highest BCUT2D eigenvalue weighted by Gasteiger charge is 2.35. The first-order chi connectivity index (χ1) is 13.8. The monoisotopic (exact) mass is 379 g/mol. The van der Waals surface area contributed by atoms with Gasteiger partial charge in [-0.05, 0) is 60.9 Å². The Morgan fingerprint density at radius 3 is 2.39 bits per heavy atom. The Bertz CT molecular complexity index is 747. The molecule has 0 radical (unpaired) electrons. The van der Waals surface area contributed by atoms with Gasteiger partial charge >= 0.3 is 5.97 Å². The quantitative estimate of drug-likeness (QED) is 0.498. The highest BCUT2D eigenvalue weighted by Crippen LogP contribution is 2.37. The first-order valence-corrected chi connectivity index (χ1v) is 10.4. The number of esters is 1. The summed E-state index contributed by atoms with van der Waals surface area (Å²) in [4.78, 5) is 14.6. The molecule has 148 valence electrons. The molecule has 1 heterocycles. The zero-order valence-corrected chi connectivity index (χ0v) is 16.4. The molecule has 2 aromatic carbocycles. The molecule has 2 fully saturated rings. The van der Waals surface area contributed by atoms with Gasteiger partial charge < -0.3 is 14.4 Å². The normalized spacial score (nSPS) is 21.4. The highest BCUT2D eigenvalue weighted by atomic mass is 16.5. The number of fused-ring (bicyclic) bond motifs is 1. The van der Waals surface area contributed by atoms with E-state index in [4.69, 9.17) is 9.47 Å². The average Bonchev–Trinajstić information content (AvgIpc) is 3.33. The number of carbonyl (C=O) groups is 1. The van der Waals surface area contributed by atoms with E-state index in [0.29, 0.717) is 5.56 Å². The van der Waals surface area contributed by atoms with E-state index in [1.807, 2.05) is 42.5 Å². The average molecular weight is 380 g/mol. The number of carbonyl (C=O) groups excluding carboxylic acids is 1. The van der Waals surface area contributed by atoms with E-state index in [-0.39, 0.29) is 12.6 Å². The van der Waals surface area contributed by atoms with Crippen LogP contribution in [-0.4, -0.2) is 37.1 Å². The van der Waals surface area contributed by atoms with E-state index in [0.717, 1.165) is 42.7 Å². The van der Waals surface area contributed by atoms with Crippen LogP contribution >= 0.6 is 0 Å². The van der Waals surface area contributed by atoms with Crippen molar-refractivity contribution in [2.75, 3.05) is 26.2 Å². The van der Waals surface area contributed by atoms with E-state index in [2.05, 4.69) is 4.90 Å². The van der Waals surface area contributed by atoms with Gasteiger partial charge in [-0.3, -0.25) is 0 Å². The molecule has 0 aromatic heterocycles. The molecule has 4 heteroatoms. The highest BCUT2D eigenvalue weighted by molar-refractivity contribution is 5.89. The zero-order valence-electron chi connectivity index (χ0n) is 16.4. The van der Waals surface area contributed by atoms with Gasteiger partial charge in [-0.25, -0.2) is 4.79 Å². The molecule has 0 bridgehead atoms. The van der Waals surface area contributed by atoms with Gasteiger partial charge in [0.05, 0.1) is 12.2 Å². The lowest BCUT2D eigenvalue weighted by Crippen LogP contribution is -2.24. The second-order valence-corrected chi connectivity index (χ2v) is 8.00. The number of hydrogen-bond acceptors (Lipinski definition) is 4. The summed E-state index contributed by atoms with van der Waals surface area (Å²) in [6.45, 7) is 4.74. The molecule has 4 nitrogen and oxygen atoms in total. The predicted molar refractivity (Wildman–Crippen MR) is 109 cm³/mol. The minimum absolute atomic E-state index is 0.269. The van der Waals surface area contributed by atoms with Gasteiger partial charge in [-0.2, -0.15) is 0 Å². The van der Waals surface area contributed by atoms with Crippen LogP contribution in [0.3, 0.4) is 0 Å². The molecule has 0 amide bonds. The smallest absolute Gasteiger partial charge is 0.338 e. The lowest BCUT2D eigenvalue weighted by molar-refractivity contribution is 0.0472. The Balaban J connectivity index is 1.14. The van der Waals surface area contributed by atoms with Crippen molar-refractivity contribution < 1.29 is 14.3 Å². The van der Waals surface area contributed by atoms with Crippen molar-refractivity contribution in [3.05, 3.63) is 65.7 Å². The lowest BCUT2D eigenvalue weighted by Gasteiger charge is -2.16. The largest absolute Gasteiger partial charge is 0.494 e. The van der Waals surface area contributed by atoms with Crippen molar-refractivity contribution in [1.29, 1.82) is 0 Å². The lowest BCUT2D eigenvalue weighted by atomic mass is 10.0. The predicted octanol–water partition coefficient (Wildman–Crippen LogP) is 4.54. The van der Waals surface area contributed by atoms with E-state index in [1.54, 1.807) is 12.1 Å². The van der Waals surface area contributed by atoms with E-state index >= 15 is 0 Å². The zero-order chi connectivity index (χ0) is 19.2. The van der Waals surface area contributed by atoms with Gasteiger partial charge in [0.1, 0.15) is 12.4 Å². The molecule has 2 aliphatic rings. The van der Waals surface area contributed by atoms with Crippen molar-refractivity contribution in [1.82, 2.24) is 4.90 Å². The number of hydrogen-bond donors (Lipinski definition) is 0. The van der Waals surface area contributed by atoms with Gasteiger partial charge in [0.15, 0.2) is 0 Å². The van der Waals surface area contributed by atoms with Crippen LogP contribution < -0.4 is 4.74 Å². The van der Waals surface area contributed by atoms with Crippen LogP contribution in [-0.2, 0) is 11.3 Å². The number of rotatable bonds is 8. The van der Waals surface area contributed by atoms with Crippen LogP contribution in [0.25, 0.3) is 0 Å². The summed E-state index contributed by atoms with van der Waals surface area (Å²) in [5.74, 6) is 2.50. The van der Waals surface area contributed by atoms with Gasteiger partial charge in [0.2, 0.25) is 0 Å². The Labute approximate surface area is 167 Å². The Morgan fingerprint density at radius 1 is 0.964 bits per heavy atom. The number of nitrogens with zero attached hydrogens (tertiary/aromatic N) is 1. The van der Waals surface area contributed by atoms with Crippen molar-refractivity contribution in [3.8, 4) is 5.75 Å². The SMILES string of the molecule is O=C(OCc1ccc(OCCCN2C[C@@H]3CCC[C@H]3C2)cc1)c1ccccc1. The maximum absolute atomic E-state index is 12.0. The third-order valence-corrected chi connectivity index (χ3v) is 5.99. The fourth-order valence-corrected chi connectivity index (χ4v) is 4.48. The molecular weight excluding hydrogens is 350 g/mol. The van der Waals surface area contributed by atoms with Gasteiger partial charge in [-0.15, -0.1) is 0 Å². The first-order valence-electron chi connectivity index (χ1n) is 10.4. The second-order valence-electron chi connectivity index (χ2n) is 8.00. The van der Waals surface area contributed by atoms with Crippen LogP contribution in [0.1, 0.15) is 41.6 Å². The fourth-order valence-electron chi connectivity index (χ4n) is 4.48. The molecule has 0 spiro atoms. The van der Waals surface area contributed by atoms with Crippen LogP contribution in [0, 0.1) is 11.8 Å². The molecule has 1 aliphatic heterocycles. The van der Waals surface area contributed by atoms with Crippen molar-refractivity contribution >= 4 is 5.97 Å². The molecule has 1 saturated heterocycles. The fraction of sp³-hybridized carbons (Fsp3) is 0.458. The summed E-state index contributed by atoms with van der Waals surface area (Å²) in [5.41, 5.74) is 1.53. The maximum atomic E-state index is 12.0. The second kappa shape index (κ2) is 9.24. The Kier molecular flexibility index (Phi) is 6.27. The van der Waals surface area contributed by atoms with Crippen LogP contribution in [0.2, 0.25) is 0 Å². The minimum Gasteiger partial charge on any atom is -0.494 e. The topological polar surface area (TPSA) is 38.8 Å². The molecular formula is C24H29NO3. The first kappa shape index (κ1) is 19.0. The summed E-state index contributed by atoms with van der Waals surface area (Å²) < 4.78 is 11.2.